The van der Waals surface area contributed by atoms with Gasteiger partial charge in [-0.3, -0.25) is 4.79 Å². The molecule has 0 spiro atoms. The number of rotatable bonds is 4. The SMILES string of the molecule is NC1(C(=O)N(Cc2ccc(Cl)cc2)C2CC2)CCOCC1. The maximum absolute atomic E-state index is 12.9. The molecule has 0 aromatic heterocycles. The van der Waals surface area contributed by atoms with Gasteiger partial charge in [0.2, 0.25) is 5.91 Å². The summed E-state index contributed by atoms with van der Waals surface area (Å²) in [5.74, 6) is 0.0725. The lowest BCUT2D eigenvalue weighted by Crippen LogP contribution is -2.58. The fourth-order valence-corrected chi connectivity index (χ4v) is 2.90. The average molecular weight is 309 g/mol. The van der Waals surface area contributed by atoms with Crippen LogP contribution in [0, 0.1) is 0 Å². The molecule has 1 saturated carbocycles. The van der Waals surface area contributed by atoms with Crippen molar-refractivity contribution in [2.45, 2.75) is 43.8 Å². The van der Waals surface area contributed by atoms with Gasteiger partial charge in [0.05, 0.1) is 5.54 Å². The highest BCUT2D eigenvalue weighted by atomic mass is 35.5. The molecule has 114 valence electrons. The number of halogens is 1. The zero-order valence-corrected chi connectivity index (χ0v) is 12.8. The predicted molar refractivity (Wildman–Crippen MR) is 82.0 cm³/mol. The number of benzene rings is 1. The van der Waals surface area contributed by atoms with E-state index in [9.17, 15) is 4.79 Å². The molecule has 0 radical (unpaired) electrons. The van der Waals surface area contributed by atoms with Crippen LogP contribution in [-0.4, -0.2) is 35.6 Å². The second kappa shape index (κ2) is 5.95. The molecule has 5 heteroatoms. The molecule has 1 aliphatic heterocycles. The zero-order valence-electron chi connectivity index (χ0n) is 12.1. The third-order valence-corrected chi connectivity index (χ3v) is 4.58. The first-order chi connectivity index (χ1) is 10.1. The van der Waals surface area contributed by atoms with Crippen LogP contribution in [0.5, 0.6) is 0 Å². The fraction of sp³-hybridized carbons (Fsp3) is 0.562. The van der Waals surface area contributed by atoms with Gasteiger partial charge in [-0.2, -0.15) is 0 Å². The van der Waals surface area contributed by atoms with Crippen LogP contribution in [0.3, 0.4) is 0 Å². The van der Waals surface area contributed by atoms with E-state index in [1.54, 1.807) is 0 Å². The van der Waals surface area contributed by atoms with Crippen LogP contribution < -0.4 is 5.73 Å². The van der Waals surface area contributed by atoms with Crippen molar-refractivity contribution in [1.29, 1.82) is 0 Å². The highest BCUT2D eigenvalue weighted by Crippen LogP contribution is 2.32. The molecule has 1 amide bonds. The number of carbonyl (C=O) groups excluding carboxylic acids is 1. The van der Waals surface area contributed by atoms with Crippen molar-refractivity contribution < 1.29 is 9.53 Å². The summed E-state index contributed by atoms with van der Waals surface area (Å²) in [5.41, 5.74) is 6.69. The number of amides is 1. The molecule has 2 aliphatic rings. The fourth-order valence-electron chi connectivity index (χ4n) is 2.77. The summed E-state index contributed by atoms with van der Waals surface area (Å²) in [6, 6.07) is 8.01. The molecule has 1 aromatic rings. The molecule has 2 fully saturated rings. The first-order valence-corrected chi connectivity index (χ1v) is 7.88. The molecule has 4 nitrogen and oxygen atoms in total. The molecule has 0 atom stereocenters. The summed E-state index contributed by atoms with van der Waals surface area (Å²) >= 11 is 5.92. The normalized spacial score (nSPS) is 21.0. The lowest BCUT2D eigenvalue weighted by Gasteiger charge is -2.37. The van der Waals surface area contributed by atoms with Gasteiger partial charge in [0.25, 0.3) is 0 Å². The van der Waals surface area contributed by atoms with E-state index in [-0.39, 0.29) is 5.91 Å². The predicted octanol–water partition coefficient (Wildman–Crippen LogP) is 2.34. The van der Waals surface area contributed by atoms with Crippen molar-refractivity contribution >= 4 is 17.5 Å². The van der Waals surface area contributed by atoms with Gasteiger partial charge in [-0.25, -0.2) is 0 Å². The summed E-state index contributed by atoms with van der Waals surface area (Å²) in [6.45, 7) is 1.75. The Labute approximate surface area is 130 Å². The van der Waals surface area contributed by atoms with Gasteiger partial charge in [-0.05, 0) is 43.4 Å². The van der Waals surface area contributed by atoms with Gasteiger partial charge in [0, 0.05) is 30.8 Å². The average Bonchev–Trinajstić information content (AvgIpc) is 3.31. The van der Waals surface area contributed by atoms with Crippen LogP contribution in [0.1, 0.15) is 31.2 Å². The van der Waals surface area contributed by atoms with E-state index in [1.807, 2.05) is 29.2 Å². The standard InChI is InChI=1S/C16H21ClN2O2/c17-13-3-1-12(2-4-13)11-19(14-5-6-14)15(20)16(18)7-9-21-10-8-16/h1-4,14H,5-11,18H2. The number of ether oxygens (including phenoxy) is 1. The Morgan fingerprint density at radius 2 is 1.90 bits per heavy atom. The smallest absolute Gasteiger partial charge is 0.243 e. The van der Waals surface area contributed by atoms with E-state index >= 15 is 0 Å². The van der Waals surface area contributed by atoms with Gasteiger partial charge >= 0.3 is 0 Å². The number of nitrogens with zero attached hydrogens (tertiary/aromatic N) is 1. The van der Waals surface area contributed by atoms with Crippen LogP contribution in [0.2, 0.25) is 5.02 Å². The lowest BCUT2D eigenvalue weighted by molar-refractivity contribution is -0.141. The highest BCUT2D eigenvalue weighted by molar-refractivity contribution is 6.30. The van der Waals surface area contributed by atoms with Crippen LogP contribution in [0.15, 0.2) is 24.3 Å². The summed E-state index contributed by atoms with van der Waals surface area (Å²) in [5, 5.41) is 0.711. The van der Waals surface area contributed by atoms with Crippen molar-refractivity contribution in [3.05, 3.63) is 34.9 Å². The van der Waals surface area contributed by atoms with E-state index in [2.05, 4.69) is 0 Å². The Bertz CT molecular complexity index is 508. The van der Waals surface area contributed by atoms with E-state index in [4.69, 9.17) is 22.1 Å². The van der Waals surface area contributed by atoms with Gasteiger partial charge < -0.3 is 15.4 Å². The number of carbonyl (C=O) groups is 1. The molecular weight excluding hydrogens is 288 g/mol. The molecular formula is C16H21ClN2O2. The minimum atomic E-state index is -0.757. The quantitative estimate of drug-likeness (QED) is 0.929. The highest BCUT2D eigenvalue weighted by Gasteiger charge is 2.43. The van der Waals surface area contributed by atoms with E-state index in [0.717, 1.165) is 18.4 Å². The molecule has 1 heterocycles. The largest absolute Gasteiger partial charge is 0.381 e. The molecule has 1 saturated heterocycles. The number of hydrogen-bond acceptors (Lipinski definition) is 3. The Balaban J connectivity index is 1.74. The first kappa shape index (κ1) is 14.8. The third-order valence-electron chi connectivity index (χ3n) is 4.33. The summed E-state index contributed by atoms with van der Waals surface area (Å²) in [7, 11) is 0. The molecule has 0 bridgehead atoms. The molecule has 21 heavy (non-hydrogen) atoms. The van der Waals surface area contributed by atoms with Crippen molar-refractivity contribution in [3.63, 3.8) is 0 Å². The van der Waals surface area contributed by atoms with Gasteiger partial charge in [0.1, 0.15) is 0 Å². The van der Waals surface area contributed by atoms with Crippen molar-refractivity contribution in [2.75, 3.05) is 13.2 Å². The van der Waals surface area contributed by atoms with E-state index in [0.29, 0.717) is 43.7 Å². The Hall–Kier alpha value is -1.10. The Morgan fingerprint density at radius 3 is 2.48 bits per heavy atom. The molecule has 1 aromatic carbocycles. The topological polar surface area (TPSA) is 55.6 Å². The zero-order chi connectivity index (χ0) is 14.9. The molecule has 1 aliphatic carbocycles. The first-order valence-electron chi connectivity index (χ1n) is 7.51. The van der Waals surface area contributed by atoms with Gasteiger partial charge in [0.15, 0.2) is 0 Å². The van der Waals surface area contributed by atoms with Crippen LogP contribution in [0.25, 0.3) is 0 Å². The second-order valence-corrected chi connectivity index (χ2v) is 6.50. The van der Waals surface area contributed by atoms with Crippen LogP contribution in [0.4, 0.5) is 0 Å². The molecule has 3 rings (SSSR count). The van der Waals surface area contributed by atoms with Crippen molar-refractivity contribution in [3.8, 4) is 0 Å². The van der Waals surface area contributed by atoms with Crippen LogP contribution in [-0.2, 0) is 16.1 Å². The van der Waals surface area contributed by atoms with Gasteiger partial charge in [-0.15, -0.1) is 0 Å². The summed E-state index contributed by atoms with van der Waals surface area (Å²) < 4.78 is 5.34. The molecule has 0 unspecified atom stereocenters. The monoisotopic (exact) mass is 308 g/mol. The molecule has 2 N–H and O–H groups in total. The van der Waals surface area contributed by atoms with Crippen molar-refractivity contribution in [1.82, 2.24) is 4.90 Å². The maximum atomic E-state index is 12.9. The maximum Gasteiger partial charge on any atom is 0.243 e. The Kier molecular flexibility index (Phi) is 4.20. The lowest BCUT2D eigenvalue weighted by atomic mass is 9.89. The van der Waals surface area contributed by atoms with Crippen molar-refractivity contribution in [2.24, 2.45) is 5.73 Å². The van der Waals surface area contributed by atoms with E-state index in [1.165, 1.54) is 0 Å². The minimum Gasteiger partial charge on any atom is -0.381 e. The van der Waals surface area contributed by atoms with Crippen LogP contribution >= 0.6 is 11.6 Å². The summed E-state index contributed by atoms with van der Waals surface area (Å²) in [6.07, 6.45) is 3.36. The number of hydrogen-bond donors (Lipinski definition) is 1. The second-order valence-electron chi connectivity index (χ2n) is 6.06. The van der Waals surface area contributed by atoms with E-state index < -0.39 is 5.54 Å². The number of nitrogens with two attached hydrogens (primary N) is 1. The third kappa shape index (κ3) is 3.39. The minimum absolute atomic E-state index is 0.0725. The summed E-state index contributed by atoms with van der Waals surface area (Å²) in [4.78, 5) is 14.8. The van der Waals surface area contributed by atoms with Gasteiger partial charge in [-0.1, -0.05) is 23.7 Å². The Morgan fingerprint density at radius 1 is 1.29 bits per heavy atom.